The highest BCUT2D eigenvalue weighted by molar-refractivity contribution is 5.92. The molecule has 11 heteroatoms. The average Bonchev–Trinajstić information content (AvgIpc) is 3.10. The smallest absolute Gasteiger partial charge is 0.417 e. The number of carbonyl (C=O) groups is 2. The fourth-order valence-corrected chi connectivity index (χ4v) is 2.69. The first-order valence-corrected chi connectivity index (χ1v) is 7.74. The number of piperidine rings is 1. The molecular weight excluding hydrogens is 355 g/mol. The van der Waals surface area contributed by atoms with E-state index in [-0.39, 0.29) is 18.1 Å². The van der Waals surface area contributed by atoms with Gasteiger partial charge in [-0.2, -0.15) is 13.2 Å². The molecule has 1 aliphatic rings. The van der Waals surface area contributed by atoms with Gasteiger partial charge in [0.05, 0.1) is 17.7 Å². The number of aliphatic carboxylic acids is 1. The molecule has 138 valence electrons. The summed E-state index contributed by atoms with van der Waals surface area (Å²) >= 11 is 0. The number of amides is 1. The van der Waals surface area contributed by atoms with Crippen molar-refractivity contribution in [1.29, 1.82) is 0 Å². The number of carbonyl (C=O) groups excluding carboxylic acids is 1. The number of likely N-dealkylation sites (tertiary alicyclic amines) is 1. The first-order chi connectivity index (χ1) is 12.3. The van der Waals surface area contributed by atoms with Crippen LogP contribution in [0, 0.1) is 5.92 Å². The molecule has 0 unspecified atom stereocenters. The largest absolute Gasteiger partial charge is 0.481 e. The van der Waals surface area contributed by atoms with Crippen molar-refractivity contribution in [2.24, 2.45) is 5.92 Å². The Morgan fingerprint density at radius 1 is 1.27 bits per heavy atom. The lowest BCUT2D eigenvalue weighted by Crippen LogP contribution is -2.42. The highest BCUT2D eigenvalue weighted by Crippen LogP contribution is 2.28. The molecule has 1 fully saturated rings. The second kappa shape index (κ2) is 6.73. The van der Waals surface area contributed by atoms with E-state index >= 15 is 0 Å². The zero-order valence-electron chi connectivity index (χ0n) is 13.3. The van der Waals surface area contributed by atoms with E-state index in [0.717, 1.165) is 16.8 Å². The molecule has 0 radical (unpaired) electrons. The lowest BCUT2D eigenvalue weighted by atomic mass is 9.98. The third-order valence-corrected chi connectivity index (χ3v) is 4.08. The topological polar surface area (TPSA) is 101 Å². The van der Waals surface area contributed by atoms with Gasteiger partial charge in [-0.1, -0.05) is 5.21 Å². The van der Waals surface area contributed by atoms with Gasteiger partial charge in [-0.05, 0) is 25.0 Å². The Balaban J connectivity index is 1.75. The van der Waals surface area contributed by atoms with Crippen LogP contribution in [0.1, 0.15) is 28.9 Å². The summed E-state index contributed by atoms with van der Waals surface area (Å²) in [5.74, 6) is -1.99. The molecular formula is C15H14F3N5O3. The summed E-state index contributed by atoms with van der Waals surface area (Å²) in [5.41, 5.74) is -0.927. The molecule has 26 heavy (non-hydrogen) atoms. The lowest BCUT2D eigenvalue weighted by Gasteiger charge is -2.29. The number of carboxylic acids is 1. The zero-order valence-corrected chi connectivity index (χ0v) is 13.3. The second-order valence-electron chi connectivity index (χ2n) is 5.88. The molecule has 0 aromatic carbocycles. The highest BCUT2D eigenvalue weighted by Gasteiger charge is 2.31. The molecule has 0 bridgehead atoms. The van der Waals surface area contributed by atoms with Crippen molar-refractivity contribution in [2.45, 2.75) is 19.0 Å². The molecule has 1 saturated heterocycles. The van der Waals surface area contributed by atoms with Gasteiger partial charge >= 0.3 is 12.1 Å². The lowest BCUT2D eigenvalue weighted by molar-refractivity contribution is -0.143. The zero-order chi connectivity index (χ0) is 18.9. The first kappa shape index (κ1) is 17.8. The minimum atomic E-state index is -4.50. The quantitative estimate of drug-likeness (QED) is 0.882. The number of hydrogen-bond donors (Lipinski definition) is 1. The number of aromatic nitrogens is 4. The predicted molar refractivity (Wildman–Crippen MR) is 80.4 cm³/mol. The van der Waals surface area contributed by atoms with Crippen LogP contribution in [-0.2, 0) is 11.0 Å². The molecule has 1 N–H and O–H groups in total. The molecule has 3 rings (SSSR count). The summed E-state index contributed by atoms with van der Waals surface area (Å²) in [6.45, 7) is 0.494. The third-order valence-electron chi connectivity index (χ3n) is 4.08. The molecule has 0 aliphatic carbocycles. The van der Waals surface area contributed by atoms with Gasteiger partial charge < -0.3 is 10.0 Å². The Bertz CT molecular complexity index is 819. The fourth-order valence-electron chi connectivity index (χ4n) is 2.69. The Labute approximate surface area is 145 Å². The van der Waals surface area contributed by atoms with Crippen LogP contribution in [0.25, 0.3) is 5.82 Å². The number of carboxylic acid groups (broad SMARTS) is 1. The van der Waals surface area contributed by atoms with E-state index in [2.05, 4.69) is 15.3 Å². The van der Waals surface area contributed by atoms with E-state index in [4.69, 9.17) is 5.11 Å². The predicted octanol–water partition coefficient (Wildman–Crippen LogP) is 1.62. The maximum atomic E-state index is 12.6. The Morgan fingerprint density at radius 2 is 2.04 bits per heavy atom. The van der Waals surface area contributed by atoms with Crippen LogP contribution in [-0.4, -0.2) is 55.0 Å². The molecule has 8 nitrogen and oxygen atoms in total. The van der Waals surface area contributed by atoms with Crippen molar-refractivity contribution in [3.05, 3.63) is 35.8 Å². The van der Waals surface area contributed by atoms with E-state index in [0.29, 0.717) is 25.6 Å². The fraction of sp³-hybridized carbons (Fsp3) is 0.400. The van der Waals surface area contributed by atoms with E-state index in [1.54, 1.807) is 0 Å². The maximum absolute atomic E-state index is 12.6. The van der Waals surface area contributed by atoms with E-state index in [1.807, 2.05) is 0 Å². The van der Waals surface area contributed by atoms with Crippen LogP contribution in [0.15, 0.2) is 24.5 Å². The second-order valence-corrected chi connectivity index (χ2v) is 5.88. The van der Waals surface area contributed by atoms with Crippen molar-refractivity contribution in [1.82, 2.24) is 24.9 Å². The minimum Gasteiger partial charge on any atom is -0.481 e. The van der Waals surface area contributed by atoms with Crippen molar-refractivity contribution < 1.29 is 27.9 Å². The van der Waals surface area contributed by atoms with Crippen LogP contribution in [0.3, 0.4) is 0 Å². The highest BCUT2D eigenvalue weighted by atomic mass is 19.4. The summed E-state index contributed by atoms with van der Waals surface area (Å²) in [5, 5.41) is 16.5. The van der Waals surface area contributed by atoms with Crippen LogP contribution < -0.4 is 0 Å². The number of rotatable bonds is 3. The summed E-state index contributed by atoms with van der Waals surface area (Å²) in [6.07, 6.45) is -1.51. The van der Waals surface area contributed by atoms with Crippen LogP contribution in [0.4, 0.5) is 13.2 Å². The maximum Gasteiger partial charge on any atom is 0.417 e. The number of nitrogens with zero attached hydrogens (tertiary/aromatic N) is 5. The Kier molecular flexibility index (Phi) is 4.62. The molecule has 0 saturated carbocycles. The van der Waals surface area contributed by atoms with Gasteiger partial charge in [0.2, 0.25) is 0 Å². The number of hydrogen-bond acceptors (Lipinski definition) is 5. The summed E-state index contributed by atoms with van der Waals surface area (Å²) in [4.78, 5) is 28.6. The molecule has 1 aliphatic heterocycles. The Hall–Kier alpha value is -2.98. The Morgan fingerprint density at radius 3 is 2.65 bits per heavy atom. The third kappa shape index (κ3) is 3.65. The molecule has 1 atom stereocenters. The average molecular weight is 369 g/mol. The van der Waals surface area contributed by atoms with E-state index in [9.17, 15) is 22.8 Å². The van der Waals surface area contributed by atoms with Gasteiger partial charge in [-0.25, -0.2) is 9.67 Å². The van der Waals surface area contributed by atoms with Crippen molar-refractivity contribution >= 4 is 11.9 Å². The van der Waals surface area contributed by atoms with Crippen molar-refractivity contribution in [3.8, 4) is 5.82 Å². The van der Waals surface area contributed by atoms with Gasteiger partial charge in [0.1, 0.15) is 0 Å². The molecule has 0 spiro atoms. The van der Waals surface area contributed by atoms with Gasteiger partial charge in [0, 0.05) is 19.3 Å². The van der Waals surface area contributed by atoms with Gasteiger partial charge in [-0.3, -0.25) is 9.59 Å². The number of alkyl halides is 3. The first-order valence-electron chi connectivity index (χ1n) is 7.74. The van der Waals surface area contributed by atoms with Crippen LogP contribution >= 0.6 is 0 Å². The molecule has 2 aromatic rings. The molecule has 3 heterocycles. The van der Waals surface area contributed by atoms with Crippen molar-refractivity contribution in [3.63, 3.8) is 0 Å². The van der Waals surface area contributed by atoms with E-state index < -0.39 is 29.5 Å². The number of pyridine rings is 1. The van der Waals surface area contributed by atoms with Gasteiger partial charge in [-0.15, -0.1) is 5.10 Å². The SMILES string of the molecule is O=C(O)[C@H]1CCCN(C(=O)c2cn(-c3ccc(C(F)(F)F)cn3)nn2)C1. The minimum absolute atomic E-state index is 0.0299. The summed E-state index contributed by atoms with van der Waals surface area (Å²) < 4.78 is 38.8. The standard InChI is InChI=1S/C15H14F3N5O3/c16-15(17,18)10-3-4-12(19-6-10)23-8-11(20-21-23)13(24)22-5-1-2-9(7-22)14(25)26/h3-4,6,8-9H,1-2,5,7H2,(H,25,26)/t9-/m0/s1. The number of halogens is 3. The molecule has 2 aromatic heterocycles. The van der Waals surface area contributed by atoms with Crippen molar-refractivity contribution in [2.75, 3.05) is 13.1 Å². The van der Waals surface area contributed by atoms with Crippen LogP contribution in [0.2, 0.25) is 0 Å². The van der Waals surface area contributed by atoms with Crippen LogP contribution in [0.5, 0.6) is 0 Å². The summed E-state index contributed by atoms with van der Waals surface area (Å²) in [6, 6.07) is 1.97. The summed E-state index contributed by atoms with van der Waals surface area (Å²) in [7, 11) is 0. The van der Waals surface area contributed by atoms with Gasteiger partial charge in [0.15, 0.2) is 11.5 Å². The monoisotopic (exact) mass is 369 g/mol. The molecule has 1 amide bonds. The normalized spacial score (nSPS) is 18.0. The van der Waals surface area contributed by atoms with Gasteiger partial charge in [0.25, 0.3) is 5.91 Å². The van der Waals surface area contributed by atoms with E-state index in [1.165, 1.54) is 11.1 Å².